The minimum absolute atomic E-state index is 0.0855. The average Bonchev–Trinajstić information content (AvgIpc) is 2.83. The number of benzene rings is 2. The number of morpholine rings is 1. The van der Waals surface area contributed by atoms with E-state index >= 15 is 0 Å². The van der Waals surface area contributed by atoms with Crippen LogP contribution in [0.3, 0.4) is 0 Å². The zero-order chi connectivity index (χ0) is 24.5. The van der Waals surface area contributed by atoms with Gasteiger partial charge in [-0.15, -0.1) is 0 Å². The molecule has 0 radical (unpaired) electrons. The summed E-state index contributed by atoms with van der Waals surface area (Å²) in [6.45, 7) is 6.82. The van der Waals surface area contributed by atoms with Crippen LogP contribution < -0.4 is 5.56 Å². The second-order valence-corrected chi connectivity index (χ2v) is 10.3. The van der Waals surface area contributed by atoms with Gasteiger partial charge in [-0.05, 0) is 30.7 Å². The molecule has 34 heavy (non-hydrogen) atoms. The zero-order valence-corrected chi connectivity index (χ0v) is 20.3. The van der Waals surface area contributed by atoms with E-state index < -0.39 is 15.6 Å². The van der Waals surface area contributed by atoms with Gasteiger partial charge >= 0.3 is 0 Å². The zero-order valence-electron chi connectivity index (χ0n) is 19.5. The van der Waals surface area contributed by atoms with E-state index in [2.05, 4.69) is 4.98 Å². The van der Waals surface area contributed by atoms with Crippen LogP contribution in [0.15, 0.2) is 64.3 Å². The van der Waals surface area contributed by atoms with E-state index in [1.54, 1.807) is 24.8 Å². The Hall–Kier alpha value is -3.01. The molecule has 1 saturated heterocycles. The van der Waals surface area contributed by atoms with E-state index in [0.717, 1.165) is 5.56 Å². The fourth-order valence-electron chi connectivity index (χ4n) is 4.42. The van der Waals surface area contributed by atoms with E-state index in [1.165, 1.54) is 22.5 Å². The molecular formula is C25H29N3O5S. The fraction of sp³-hybridized carbons (Fsp3) is 0.360. The van der Waals surface area contributed by atoms with Crippen molar-refractivity contribution in [3.63, 3.8) is 0 Å². The van der Waals surface area contributed by atoms with Gasteiger partial charge in [0.2, 0.25) is 15.6 Å². The first-order chi connectivity index (χ1) is 16.2. The molecule has 0 aliphatic carbocycles. The topological polar surface area (TPSA) is 99.8 Å². The lowest BCUT2D eigenvalue weighted by molar-refractivity contribution is -0.0691. The number of carbonyl (C=O) groups excluding carboxylic acids is 1. The van der Waals surface area contributed by atoms with Crippen molar-refractivity contribution >= 4 is 26.8 Å². The number of hydrogen-bond donors (Lipinski definition) is 1. The number of amides is 1. The Morgan fingerprint density at radius 2 is 1.79 bits per heavy atom. The number of carbonyl (C=O) groups is 1. The Kier molecular flexibility index (Phi) is 6.88. The molecule has 1 aliphatic rings. The lowest BCUT2D eigenvalue weighted by Gasteiger charge is -2.37. The Morgan fingerprint density at radius 3 is 2.47 bits per heavy atom. The standard InChI is InChI=1S/C25H29N3O5S/c1-4-28(5-2)34(31,32)19-11-12-22-20(13-19)21(14-24(29)26-22)25(30)27-15-17(3)33-23(16-27)18-9-7-6-8-10-18/h6-14,17,23H,4-5,15-16H2,1-3H3,(H,26,29). The maximum absolute atomic E-state index is 13.7. The normalized spacial score (nSPS) is 19.0. The molecular weight excluding hydrogens is 454 g/mol. The van der Waals surface area contributed by atoms with Gasteiger partial charge in [0, 0.05) is 36.6 Å². The molecule has 2 unspecified atom stereocenters. The van der Waals surface area contributed by atoms with Crippen LogP contribution in [-0.4, -0.2) is 60.8 Å². The summed E-state index contributed by atoms with van der Waals surface area (Å²) in [4.78, 5) is 30.5. The van der Waals surface area contributed by atoms with Gasteiger partial charge in [0.1, 0.15) is 6.10 Å². The first-order valence-electron chi connectivity index (χ1n) is 11.4. The predicted molar refractivity (Wildman–Crippen MR) is 130 cm³/mol. The molecule has 0 spiro atoms. The highest BCUT2D eigenvalue weighted by Crippen LogP contribution is 2.28. The van der Waals surface area contributed by atoms with Crippen LogP contribution in [0, 0.1) is 0 Å². The first-order valence-corrected chi connectivity index (χ1v) is 12.9. The van der Waals surface area contributed by atoms with Crippen molar-refractivity contribution < 1.29 is 17.9 Å². The van der Waals surface area contributed by atoms with Gasteiger partial charge in [-0.25, -0.2) is 8.42 Å². The van der Waals surface area contributed by atoms with Gasteiger partial charge in [-0.3, -0.25) is 9.59 Å². The van der Waals surface area contributed by atoms with Crippen molar-refractivity contribution in [2.45, 2.75) is 37.9 Å². The second kappa shape index (κ2) is 9.69. The van der Waals surface area contributed by atoms with Gasteiger partial charge in [-0.2, -0.15) is 4.31 Å². The number of hydrogen-bond acceptors (Lipinski definition) is 5. The van der Waals surface area contributed by atoms with Crippen LogP contribution in [0.25, 0.3) is 10.9 Å². The number of H-pyrrole nitrogens is 1. The Balaban J connectivity index is 1.75. The minimum atomic E-state index is -3.73. The summed E-state index contributed by atoms with van der Waals surface area (Å²) in [6, 6.07) is 15.4. The van der Waals surface area contributed by atoms with Crippen LogP contribution in [0.1, 0.15) is 42.8 Å². The molecule has 4 rings (SSSR count). The van der Waals surface area contributed by atoms with Crippen LogP contribution in [0.4, 0.5) is 0 Å². The van der Waals surface area contributed by atoms with Crippen LogP contribution in [0.5, 0.6) is 0 Å². The molecule has 8 nitrogen and oxygen atoms in total. The van der Waals surface area contributed by atoms with E-state index in [1.807, 2.05) is 37.3 Å². The van der Waals surface area contributed by atoms with E-state index in [4.69, 9.17) is 4.74 Å². The van der Waals surface area contributed by atoms with Crippen LogP contribution in [0.2, 0.25) is 0 Å². The van der Waals surface area contributed by atoms with Crippen LogP contribution in [-0.2, 0) is 14.8 Å². The fourth-order valence-corrected chi connectivity index (χ4v) is 5.91. The SMILES string of the molecule is CCN(CC)S(=O)(=O)c1ccc2[nH]c(=O)cc(C(=O)N3CC(C)OC(c4ccccc4)C3)c2c1. The molecule has 1 N–H and O–H groups in total. The second-order valence-electron chi connectivity index (χ2n) is 8.40. The number of aromatic nitrogens is 1. The molecule has 2 heterocycles. The van der Waals surface area contributed by atoms with Gasteiger partial charge in [0.15, 0.2) is 0 Å². The predicted octanol–water partition coefficient (Wildman–Crippen LogP) is 3.16. The molecule has 1 aliphatic heterocycles. The average molecular weight is 484 g/mol. The quantitative estimate of drug-likeness (QED) is 0.581. The molecule has 0 saturated carbocycles. The van der Waals surface area contributed by atoms with Crippen molar-refractivity contribution in [3.8, 4) is 0 Å². The summed E-state index contributed by atoms with van der Waals surface area (Å²) in [5.74, 6) is -0.329. The molecule has 9 heteroatoms. The highest BCUT2D eigenvalue weighted by atomic mass is 32.2. The molecule has 3 aromatic rings. The van der Waals surface area contributed by atoms with E-state index in [0.29, 0.717) is 37.1 Å². The number of ether oxygens (including phenoxy) is 1. The van der Waals surface area contributed by atoms with Crippen molar-refractivity contribution in [1.29, 1.82) is 0 Å². The third-order valence-corrected chi connectivity index (χ3v) is 8.15. The molecule has 2 atom stereocenters. The minimum Gasteiger partial charge on any atom is -0.367 e. The van der Waals surface area contributed by atoms with Crippen LogP contribution >= 0.6 is 0 Å². The van der Waals surface area contributed by atoms with Gasteiger partial charge < -0.3 is 14.6 Å². The summed E-state index contributed by atoms with van der Waals surface area (Å²) in [6.07, 6.45) is -0.490. The Morgan fingerprint density at radius 1 is 1.09 bits per heavy atom. The number of nitrogens with zero attached hydrogens (tertiary/aromatic N) is 2. The summed E-state index contributed by atoms with van der Waals surface area (Å²) in [7, 11) is -3.73. The third-order valence-electron chi connectivity index (χ3n) is 6.11. The highest BCUT2D eigenvalue weighted by Gasteiger charge is 2.31. The number of fused-ring (bicyclic) bond motifs is 1. The van der Waals surface area contributed by atoms with E-state index in [9.17, 15) is 18.0 Å². The van der Waals surface area contributed by atoms with Crippen molar-refractivity contribution in [1.82, 2.24) is 14.2 Å². The van der Waals surface area contributed by atoms with Crippen molar-refractivity contribution in [3.05, 3.63) is 76.1 Å². The van der Waals surface area contributed by atoms with Gasteiger partial charge in [0.05, 0.1) is 23.1 Å². The number of pyridine rings is 1. The Bertz CT molecular complexity index is 1350. The van der Waals surface area contributed by atoms with Crippen molar-refractivity contribution in [2.24, 2.45) is 0 Å². The molecule has 0 bridgehead atoms. The largest absolute Gasteiger partial charge is 0.367 e. The lowest BCUT2D eigenvalue weighted by atomic mass is 10.0. The number of sulfonamides is 1. The Labute approximate surface area is 199 Å². The molecule has 2 aromatic carbocycles. The summed E-state index contributed by atoms with van der Waals surface area (Å²) in [5, 5.41) is 0.397. The maximum atomic E-state index is 13.7. The number of nitrogens with one attached hydrogen (secondary N) is 1. The summed E-state index contributed by atoms with van der Waals surface area (Å²) >= 11 is 0. The molecule has 1 amide bonds. The number of rotatable bonds is 6. The van der Waals surface area contributed by atoms with E-state index in [-0.39, 0.29) is 28.6 Å². The molecule has 180 valence electrons. The first kappa shape index (κ1) is 24.1. The third kappa shape index (κ3) is 4.64. The molecule has 1 fully saturated rings. The summed E-state index contributed by atoms with van der Waals surface area (Å²) in [5.41, 5.74) is 1.14. The highest BCUT2D eigenvalue weighted by molar-refractivity contribution is 7.89. The molecule has 1 aromatic heterocycles. The van der Waals surface area contributed by atoms with Gasteiger partial charge in [-0.1, -0.05) is 44.2 Å². The van der Waals surface area contributed by atoms with Gasteiger partial charge in [0.25, 0.3) is 5.91 Å². The maximum Gasteiger partial charge on any atom is 0.254 e. The smallest absolute Gasteiger partial charge is 0.254 e. The lowest BCUT2D eigenvalue weighted by Crippen LogP contribution is -2.46. The number of aromatic amines is 1. The monoisotopic (exact) mass is 483 g/mol. The van der Waals surface area contributed by atoms with Crippen molar-refractivity contribution in [2.75, 3.05) is 26.2 Å². The summed E-state index contributed by atoms with van der Waals surface area (Å²) < 4.78 is 33.6.